The fourth-order valence-electron chi connectivity index (χ4n) is 3.13. The van der Waals surface area contributed by atoms with E-state index in [1.807, 2.05) is 37.3 Å². The average molecular weight is 567 g/mol. The van der Waals surface area contributed by atoms with Crippen molar-refractivity contribution >= 4 is 10.1 Å². The molecular weight excluding hydrogens is 520 g/mol. The molecule has 0 saturated carbocycles. The van der Waals surface area contributed by atoms with Crippen LogP contribution in [0, 0.1) is 0 Å². The first-order valence-electron chi connectivity index (χ1n) is 13.2. The summed E-state index contributed by atoms with van der Waals surface area (Å²) in [6.07, 6.45) is 0.454. The first-order valence-corrected chi connectivity index (χ1v) is 14.7. The van der Waals surface area contributed by atoms with Crippen molar-refractivity contribution in [3.8, 4) is 0 Å². The van der Waals surface area contributed by atoms with Crippen molar-refractivity contribution in [2.24, 2.45) is 0 Å². The lowest BCUT2D eigenvalue weighted by atomic mass is 10.1. The van der Waals surface area contributed by atoms with E-state index in [-0.39, 0.29) is 19.4 Å². The predicted molar refractivity (Wildman–Crippen MR) is 142 cm³/mol. The summed E-state index contributed by atoms with van der Waals surface area (Å²) in [7, 11) is -4.15. The van der Waals surface area contributed by atoms with Crippen LogP contribution in [-0.4, -0.2) is 124 Å². The standard InChI is InChI=1S/C26H46O11S/c1-2-30-10-11-32-14-15-34-18-19-36-22-23-37-21-20-35-17-16-33-13-12-31-9-8-26(38(27,28)29)24-25-6-4-3-5-7-25/h3-7,26H,2,8-24H2,1H3,(H,27,28,29). The molecule has 0 heterocycles. The van der Waals surface area contributed by atoms with E-state index in [0.29, 0.717) is 99.1 Å². The van der Waals surface area contributed by atoms with Gasteiger partial charge in [0.2, 0.25) is 0 Å². The van der Waals surface area contributed by atoms with Crippen LogP contribution in [0.3, 0.4) is 0 Å². The van der Waals surface area contributed by atoms with Crippen LogP contribution < -0.4 is 0 Å². The molecule has 1 atom stereocenters. The molecule has 222 valence electrons. The van der Waals surface area contributed by atoms with Crippen LogP contribution in [0.4, 0.5) is 0 Å². The second kappa shape index (κ2) is 24.8. The van der Waals surface area contributed by atoms with Gasteiger partial charge in [0.25, 0.3) is 10.1 Å². The van der Waals surface area contributed by atoms with Gasteiger partial charge in [-0.2, -0.15) is 8.42 Å². The lowest BCUT2D eigenvalue weighted by Gasteiger charge is -2.14. The molecule has 0 fully saturated rings. The highest BCUT2D eigenvalue weighted by Gasteiger charge is 2.23. The summed E-state index contributed by atoms with van der Waals surface area (Å²) in [5.74, 6) is 0. The molecule has 1 unspecified atom stereocenters. The van der Waals surface area contributed by atoms with Crippen LogP contribution in [0.25, 0.3) is 0 Å². The quantitative estimate of drug-likeness (QED) is 0.118. The summed E-state index contributed by atoms with van der Waals surface area (Å²) in [5.41, 5.74) is 0.852. The van der Waals surface area contributed by atoms with Gasteiger partial charge >= 0.3 is 0 Å². The molecule has 1 aromatic rings. The SMILES string of the molecule is CCOCCOCCOCCOCCOCCOCCOCCOCCC(Cc1ccccc1)S(=O)(=O)O. The molecule has 0 aliphatic rings. The van der Waals surface area contributed by atoms with Crippen LogP contribution >= 0.6 is 0 Å². The Morgan fingerprint density at radius 3 is 1.26 bits per heavy atom. The first-order chi connectivity index (χ1) is 18.5. The normalized spacial score (nSPS) is 12.7. The van der Waals surface area contributed by atoms with Crippen molar-refractivity contribution in [3.63, 3.8) is 0 Å². The van der Waals surface area contributed by atoms with Gasteiger partial charge in [-0.15, -0.1) is 0 Å². The molecule has 0 aliphatic heterocycles. The van der Waals surface area contributed by atoms with Crippen LogP contribution in [-0.2, 0) is 54.4 Å². The Morgan fingerprint density at radius 2 is 0.921 bits per heavy atom. The minimum atomic E-state index is -4.15. The van der Waals surface area contributed by atoms with E-state index in [1.165, 1.54) is 0 Å². The first kappa shape index (κ1) is 34.8. The van der Waals surface area contributed by atoms with E-state index in [2.05, 4.69) is 0 Å². The van der Waals surface area contributed by atoms with Crippen molar-refractivity contribution in [3.05, 3.63) is 35.9 Å². The van der Waals surface area contributed by atoms with Crippen molar-refractivity contribution in [1.82, 2.24) is 0 Å². The van der Waals surface area contributed by atoms with Crippen LogP contribution in [0.2, 0.25) is 0 Å². The zero-order valence-electron chi connectivity index (χ0n) is 22.6. The van der Waals surface area contributed by atoms with Gasteiger partial charge in [0.1, 0.15) is 0 Å². The highest BCUT2D eigenvalue weighted by molar-refractivity contribution is 7.86. The summed E-state index contributed by atoms with van der Waals surface area (Å²) in [6.45, 7) is 9.65. The van der Waals surface area contributed by atoms with Gasteiger partial charge in [0.05, 0.1) is 97.7 Å². The van der Waals surface area contributed by atoms with Crippen LogP contribution in [0.5, 0.6) is 0 Å². The Balaban J connectivity index is 1.80. The molecule has 0 aromatic heterocycles. The number of benzene rings is 1. The largest absolute Gasteiger partial charge is 0.379 e. The lowest BCUT2D eigenvalue weighted by molar-refractivity contribution is -0.0229. The molecule has 0 spiro atoms. The van der Waals surface area contributed by atoms with Crippen molar-refractivity contribution in [2.75, 3.05) is 106 Å². The monoisotopic (exact) mass is 566 g/mol. The lowest BCUT2D eigenvalue weighted by Crippen LogP contribution is -2.25. The molecule has 1 N–H and O–H groups in total. The van der Waals surface area contributed by atoms with E-state index in [4.69, 9.17) is 37.9 Å². The Kier molecular flexibility index (Phi) is 22.8. The van der Waals surface area contributed by atoms with Gasteiger partial charge in [-0.25, -0.2) is 0 Å². The van der Waals surface area contributed by atoms with Gasteiger partial charge in [-0.3, -0.25) is 4.55 Å². The second-order valence-corrected chi connectivity index (χ2v) is 9.80. The van der Waals surface area contributed by atoms with Crippen LogP contribution in [0.15, 0.2) is 30.3 Å². The number of hydrogen-bond donors (Lipinski definition) is 1. The highest BCUT2D eigenvalue weighted by atomic mass is 32.2. The number of ether oxygens (including phenoxy) is 8. The molecule has 0 bridgehead atoms. The smallest absolute Gasteiger partial charge is 0.268 e. The number of hydrogen-bond acceptors (Lipinski definition) is 10. The summed E-state index contributed by atoms with van der Waals surface area (Å²) in [4.78, 5) is 0. The Labute approximate surface area is 227 Å². The molecular formula is C26H46O11S. The molecule has 1 aromatic carbocycles. The minimum absolute atomic E-state index is 0.209. The Morgan fingerprint density at radius 1 is 0.579 bits per heavy atom. The molecule has 0 amide bonds. The summed E-state index contributed by atoms with van der Waals surface area (Å²) in [5, 5.41) is -0.895. The van der Waals surface area contributed by atoms with Gasteiger partial charge < -0.3 is 37.9 Å². The Hall–Kier alpha value is -1.19. The predicted octanol–water partition coefficient (Wildman–Crippen LogP) is 2.03. The van der Waals surface area contributed by atoms with E-state index in [1.54, 1.807) is 0 Å². The third kappa shape index (κ3) is 21.7. The molecule has 11 nitrogen and oxygen atoms in total. The molecule has 38 heavy (non-hydrogen) atoms. The third-order valence-electron chi connectivity index (χ3n) is 5.12. The zero-order chi connectivity index (χ0) is 27.6. The summed E-state index contributed by atoms with van der Waals surface area (Å²) < 4.78 is 75.8. The maximum atomic E-state index is 11.6. The summed E-state index contributed by atoms with van der Waals surface area (Å²) >= 11 is 0. The molecule has 12 heteroatoms. The second-order valence-electron chi connectivity index (χ2n) is 8.10. The fourth-order valence-corrected chi connectivity index (χ4v) is 3.93. The highest BCUT2D eigenvalue weighted by Crippen LogP contribution is 2.13. The van der Waals surface area contributed by atoms with E-state index >= 15 is 0 Å². The van der Waals surface area contributed by atoms with Crippen molar-refractivity contribution in [1.29, 1.82) is 0 Å². The van der Waals surface area contributed by atoms with Gasteiger partial charge in [-0.05, 0) is 25.3 Å². The van der Waals surface area contributed by atoms with Crippen molar-refractivity contribution in [2.45, 2.75) is 25.0 Å². The Bertz CT molecular complexity index is 734. The summed E-state index contributed by atoms with van der Waals surface area (Å²) in [6, 6.07) is 9.19. The van der Waals surface area contributed by atoms with Crippen LogP contribution in [0.1, 0.15) is 18.9 Å². The topological polar surface area (TPSA) is 128 Å². The van der Waals surface area contributed by atoms with E-state index < -0.39 is 15.4 Å². The van der Waals surface area contributed by atoms with Gasteiger partial charge in [0.15, 0.2) is 0 Å². The van der Waals surface area contributed by atoms with Gasteiger partial charge in [-0.1, -0.05) is 30.3 Å². The zero-order valence-corrected chi connectivity index (χ0v) is 23.4. The average Bonchev–Trinajstić information content (AvgIpc) is 2.90. The van der Waals surface area contributed by atoms with E-state index in [0.717, 1.165) is 5.56 Å². The van der Waals surface area contributed by atoms with Gasteiger partial charge in [0, 0.05) is 13.2 Å². The third-order valence-corrected chi connectivity index (χ3v) is 6.36. The minimum Gasteiger partial charge on any atom is -0.379 e. The molecule has 1 rings (SSSR count). The number of rotatable bonds is 28. The maximum Gasteiger partial charge on any atom is 0.268 e. The van der Waals surface area contributed by atoms with E-state index in [9.17, 15) is 13.0 Å². The van der Waals surface area contributed by atoms with Crippen molar-refractivity contribution < 1.29 is 50.9 Å². The molecule has 0 saturated heterocycles. The maximum absolute atomic E-state index is 11.6. The molecule has 0 aliphatic carbocycles. The fraction of sp³-hybridized carbons (Fsp3) is 0.769. The molecule has 0 radical (unpaired) electrons.